The minimum Gasteiger partial charge on any atom is -0.372 e. The molecule has 0 bridgehead atoms. The van der Waals surface area contributed by atoms with Crippen molar-refractivity contribution in [3.63, 3.8) is 0 Å². The fourth-order valence-corrected chi connectivity index (χ4v) is 2.14. The third kappa shape index (κ3) is 2.40. The molecule has 0 saturated carbocycles. The normalized spacial score (nSPS) is 13.4. The van der Waals surface area contributed by atoms with E-state index in [1.54, 1.807) is 25.2 Å². The Bertz CT molecular complexity index is 716. The Morgan fingerprint density at radius 2 is 2.14 bits per heavy atom. The van der Waals surface area contributed by atoms with E-state index in [1.165, 1.54) is 17.3 Å². The zero-order chi connectivity index (χ0) is 14.8. The van der Waals surface area contributed by atoms with E-state index in [-0.39, 0.29) is 24.1 Å². The summed E-state index contributed by atoms with van der Waals surface area (Å²) in [4.78, 5) is 33.9. The van der Waals surface area contributed by atoms with E-state index in [0.29, 0.717) is 17.2 Å². The molecule has 1 aromatic heterocycles. The predicted molar refractivity (Wildman–Crippen MR) is 78.3 cm³/mol. The van der Waals surface area contributed by atoms with Crippen LogP contribution in [0.2, 0.25) is 0 Å². The lowest BCUT2D eigenvalue weighted by atomic mass is 10.2. The van der Waals surface area contributed by atoms with Gasteiger partial charge in [0, 0.05) is 7.05 Å². The molecule has 1 aliphatic heterocycles. The fraction of sp³-hybridized carbons (Fsp3) is 0.143. The summed E-state index contributed by atoms with van der Waals surface area (Å²) in [6.45, 7) is -0.0404. The van der Waals surface area contributed by atoms with Crippen LogP contribution in [0.15, 0.2) is 36.7 Å². The van der Waals surface area contributed by atoms with Gasteiger partial charge in [0.2, 0.25) is 5.91 Å². The van der Waals surface area contributed by atoms with Gasteiger partial charge >= 0.3 is 0 Å². The van der Waals surface area contributed by atoms with Crippen LogP contribution < -0.4 is 15.5 Å². The zero-order valence-electron chi connectivity index (χ0n) is 11.3. The molecule has 106 valence electrons. The quantitative estimate of drug-likeness (QED) is 0.862. The van der Waals surface area contributed by atoms with Gasteiger partial charge in [0.1, 0.15) is 18.1 Å². The molecule has 0 fully saturated rings. The molecular formula is C14H13N5O2. The molecule has 2 heterocycles. The van der Waals surface area contributed by atoms with Crippen LogP contribution >= 0.6 is 0 Å². The first-order chi connectivity index (χ1) is 10.2. The molecule has 2 amide bonds. The van der Waals surface area contributed by atoms with Crippen molar-refractivity contribution >= 4 is 29.0 Å². The summed E-state index contributed by atoms with van der Waals surface area (Å²) in [7, 11) is 1.70. The van der Waals surface area contributed by atoms with E-state index in [1.807, 2.05) is 6.07 Å². The molecule has 0 radical (unpaired) electrons. The summed E-state index contributed by atoms with van der Waals surface area (Å²) in [5, 5.41) is 5.57. The summed E-state index contributed by atoms with van der Waals surface area (Å²) < 4.78 is 0. The Hall–Kier alpha value is -2.96. The smallest absolute Gasteiger partial charge is 0.279 e. The third-order valence-electron chi connectivity index (χ3n) is 3.13. The van der Waals surface area contributed by atoms with Crippen LogP contribution in [0, 0.1) is 0 Å². The Balaban J connectivity index is 1.99. The number of para-hydroxylation sites is 2. The summed E-state index contributed by atoms with van der Waals surface area (Å²) in [6.07, 6.45) is 2.91. The number of nitrogens with zero attached hydrogens (tertiary/aromatic N) is 3. The largest absolute Gasteiger partial charge is 0.372 e. The Morgan fingerprint density at radius 3 is 2.95 bits per heavy atom. The van der Waals surface area contributed by atoms with E-state index in [9.17, 15) is 9.59 Å². The predicted octanol–water partition coefficient (Wildman–Crippen LogP) is 1.12. The van der Waals surface area contributed by atoms with Gasteiger partial charge in [0.05, 0.1) is 23.8 Å². The van der Waals surface area contributed by atoms with Gasteiger partial charge in [-0.25, -0.2) is 4.98 Å². The maximum Gasteiger partial charge on any atom is 0.279 e. The summed E-state index contributed by atoms with van der Waals surface area (Å²) in [6, 6.07) is 7.14. The number of nitrogens with one attached hydrogen (secondary N) is 2. The van der Waals surface area contributed by atoms with Crippen LogP contribution in [0.25, 0.3) is 0 Å². The average molecular weight is 283 g/mol. The summed E-state index contributed by atoms with van der Waals surface area (Å²) >= 11 is 0. The van der Waals surface area contributed by atoms with Gasteiger partial charge in [0.25, 0.3) is 5.91 Å². The van der Waals surface area contributed by atoms with Crippen LogP contribution in [-0.4, -0.2) is 35.4 Å². The molecular weight excluding hydrogens is 270 g/mol. The Morgan fingerprint density at radius 1 is 1.33 bits per heavy atom. The first-order valence-corrected chi connectivity index (χ1v) is 6.39. The average Bonchev–Trinajstić information content (AvgIpc) is 2.53. The molecule has 1 aromatic carbocycles. The number of carbonyl (C=O) groups excluding carboxylic acids is 2. The maximum absolute atomic E-state index is 12.6. The lowest BCUT2D eigenvalue weighted by Crippen LogP contribution is -2.42. The number of amides is 2. The van der Waals surface area contributed by atoms with Crippen LogP contribution in [0.4, 0.5) is 17.2 Å². The molecule has 21 heavy (non-hydrogen) atoms. The van der Waals surface area contributed by atoms with E-state index in [4.69, 9.17) is 0 Å². The van der Waals surface area contributed by atoms with Gasteiger partial charge in [-0.2, -0.15) is 0 Å². The monoisotopic (exact) mass is 283 g/mol. The van der Waals surface area contributed by atoms with Gasteiger partial charge in [-0.3, -0.25) is 19.5 Å². The van der Waals surface area contributed by atoms with Crippen molar-refractivity contribution in [1.29, 1.82) is 0 Å². The molecule has 0 spiro atoms. The van der Waals surface area contributed by atoms with Gasteiger partial charge in [-0.05, 0) is 12.1 Å². The molecule has 0 saturated heterocycles. The molecule has 1 aliphatic rings. The first-order valence-electron chi connectivity index (χ1n) is 6.39. The van der Waals surface area contributed by atoms with Gasteiger partial charge in [-0.15, -0.1) is 0 Å². The molecule has 7 nitrogen and oxygen atoms in total. The number of fused-ring (bicyclic) bond motifs is 1. The number of aromatic nitrogens is 2. The maximum atomic E-state index is 12.6. The Labute approximate surface area is 121 Å². The molecule has 0 atom stereocenters. The number of rotatable bonds is 2. The third-order valence-corrected chi connectivity index (χ3v) is 3.13. The van der Waals surface area contributed by atoms with Crippen molar-refractivity contribution in [2.45, 2.75) is 0 Å². The second-order valence-corrected chi connectivity index (χ2v) is 4.50. The summed E-state index contributed by atoms with van der Waals surface area (Å²) in [5.41, 5.74) is 1.45. The second-order valence-electron chi connectivity index (χ2n) is 4.50. The SMILES string of the molecule is CNc1cncc(C(=O)N2CC(=O)Nc3ccccc32)n1. The van der Waals surface area contributed by atoms with Crippen LogP contribution in [0.1, 0.15) is 10.5 Å². The minimum absolute atomic E-state index is 0.0404. The van der Waals surface area contributed by atoms with Gasteiger partial charge in [-0.1, -0.05) is 12.1 Å². The summed E-state index contributed by atoms with van der Waals surface area (Å²) in [5.74, 6) is -0.0997. The van der Waals surface area contributed by atoms with Crippen molar-refractivity contribution < 1.29 is 9.59 Å². The van der Waals surface area contributed by atoms with E-state index in [2.05, 4.69) is 20.6 Å². The van der Waals surface area contributed by atoms with Crippen molar-refractivity contribution in [2.75, 3.05) is 29.1 Å². The van der Waals surface area contributed by atoms with Crippen molar-refractivity contribution in [2.24, 2.45) is 0 Å². The molecule has 3 rings (SSSR count). The minimum atomic E-state index is -0.359. The lowest BCUT2D eigenvalue weighted by Gasteiger charge is -2.28. The number of hydrogen-bond acceptors (Lipinski definition) is 5. The van der Waals surface area contributed by atoms with Crippen LogP contribution in [0.5, 0.6) is 0 Å². The first kappa shape index (κ1) is 13.0. The van der Waals surface area contributed by atoms with Gasteiger partial charge in [0.15, 0.2) is 0 Å². The van der Waals surface area contributed by atoms with E-state index in [0.717, 1.165) is 0 Å². The molecule has 0 unspecified atom stereocenters. The highest BCUT2D eigenvalue weighted by molar-refractivity contribution is 6.14. The number of anilines is 3. The molecule has 0 aliphatic carbocycles. The van der Waals surface area contributed by atoms with Crippen molar-refractivity contribution in [3.05, 3.63) is 42.4 Å². The highest BCUT2D eigenvalue weighted by atomic mass is 16.2. The van der Waals surface area contributed by atoms with E-state index >= 15 is 0 Å². The van der Waals surface area contributed by atoms with Crippen molar-refractivity contribution in [1.82, 2.24) is 9.97 Å². The van der Waals surface area contributed by atoms with Crippen molar-refractivity contribution in [3.8, 4) is 0 Å². The van der Waals surface area contributed by atoms with Gasteiger partial charge < -0.3 is 10.6 Å². The number of hydrogen-bond donors (Lipinski definition) is 2. The molecule has 7 heteroatoms. The number of carbonyl (C=O) groups is 2. The highest BCUT2D eigenvalue weighted by Crippen LogP contribution is 2.29. The highest BCUT2D eigenvalue weighted by Gasteiger charge is 2.28. The van der Waals surface area contributed by atoms with Crippen LogP contribution in [-0.2, 0) is 4.79 Å². The second kappa shape index (κ2) is 5.20. The standard InChI is InChI=1S/C14H13N5O2/c1-15-12-7-16-6-10(17-12)14(21)19-8-13(20)18-9-4-2-3-5-11(9)19/h2-7H,8H2,1H3,(H,15,17)(H,18,20). The fourth-order valence-electron chi connectivity index (χ4n) is 2.14. The lowest BCUT2D eigenvalue weighted by molar-refractivity contribution is -0.115. The van der Waals surface area contributed by atoms with E-state index < -0.39 is 0 Å². The molecule has 2 N–H and O–H groups in total. The van der Waals surface area contributed by atoms with Crippen LogP contribution in [0.3, 0.4) is 0 Å². The Kier molecular flexibility index (Phi) is 3.23. The molecule has 2 aromatic rings. The topological polar surface area (TPSA) is 87.2 Å². The zero-order valence-corrected chi connectivity index (χ0v) is 11.3. The number of benzene rings is 1.